The molecule has 0 unspecified atom stereocenters. The highest BCUT2D eigenvalue weighted by molar-refractivity contribution is 5.98. The van der Waals surface area contributed by atoms with Crippen LogP contribution in [-0.2, 0) is 30.4 Å². The molecule has 9 N–H and O–H groups in total. The average molecular weight is 1380 g/mol. The average Bonchev–Trinajstić information content (AvgIpc) is 1.06. The molecule has 2 aliphatic heterocycles. The van der Waals surface area contributed by atoms with Crippen molar-refractivity contribution in [3.8, 4) is 17.1 Å². The summed E-state index contributed by atoms with van der Waals surface area (Å²) >= 11 is 0. The number of likely N-dealkylation sites (N-methyl/N-ethyl adjacent to an activating group) is 1. The molecule has 0 spiro atoms. The van der Waals surface area contributed by atoms with Gasteiger partial charge < -0.3 is 71.2 Å². The van der Waals surface area contributed by atoms with Gasteiger partial charge in [-0.1, -0.05) is 30.3 Å². The second kappa shape index (κ2) is 29.3. The zero-order chi connectivity index (χ0) is 71.4. The number of para-hydroxylation sites is 1. The number of nitrogens with two attached hydrogens (primary N) is 3. The van der Waals surface area contributed by atoms with Gasteiger partial charge in [-0.2, -0.15) is 15.0 Å². The third-order valence-corrected chi connectivity index (χ3v) is 18.9. The monoisotopic (exact) mass is 1380 g/mol. The summed E-state index contributed by atoms with van der Waals surface area (Å²) in [5.41, 5.74) is 29.4. The standard InChI is InChI=1S/C27H26N6O3.C25H25N7O2.C25H24N6O2/c28-25(35)23-16-33(21-7-4-17-2-1-3-18(17)14-21)26-22(24(23)34)15-29-27(31-26)30-19-5-8-20(9-6-19)32-10-12-36-13-11-32;1-30-11-13-31(14-12-30)18-9-7-17(8-10-18)28-25-27-15-20-22(33)21(23(26)34)16-32(24(20)29-25)19-5-3-2-4-6-19;1-30(2)18-10-7-17(8-11-18)28-25-27-13-20-22(32)21(23(26)33)14-31(24(20)29-25)19-9-6-15-4-3-5-16(15)12-19/h4-9,14-16H,1-3,10-13H2,(H2,28,35)(H,29,30,31);2-10,15-16H,11-14H2,1H3,(H2,26,34)(H,27,28,29);6-14H,3-5H2,1-2H3,(H2,26,33)(H,27,28,29). The normalized spacial score (nSPS) is 14.0. The van der Waals surface area contributed by atoms with Gasteiger partial charge in [0, 0.05) is 142 Å². The van der Waals surface area contributed by atoms with Crippen molar-refractivity contribution in [1.82, 2.24) is 48.5 Å². The lowest BCUT2D eigenvalue weighted by Gasteiger charge is -2.34. The number of benzene rings is 6. The van der Waals surface area contributed by atoms with E-state index in [0.717, 1.165) is 137 Å². The molecular weight excluding hydrogens is 1300 g/mol. The SMILES string of the molecule is CN(C)c1ccc(Nc2ncc3c(=O)c(C(N)=O)cn(-c4ccc5c(c4)CCC5)c3n2)cc1.CN1CCN(c2ccc(Nc3ncc4c(=O)c(C(N)=O)cn(-c5ccccc5)c4n3)cc2)CC1.NC(=O)c1cn(-c2ccc3c(c2)CCC3)c2nc(Nc3ccc(N4CCOCC4)cc3)ncc2c1=O. The number of anilines is 9. The first-order valence-corrected chi connectivity index (χ1v) is 34.0. The molecule has 6 aromatic carbocycles. The number of piperazine rings is 1. The molecule has 26 heteroatoms. The largest absolute Gasteiger partial charge is 0.378 e. The van der Waals surface area contributed by atoms with Crippen LogP contribution < -0.4 is 64.1 Å². The number of hydrogen-bond donors (Lipinski definition) is 6. The Bertz CT molecular complexity index is 5420. The van der Waals surface area contributed by atoms with Gasteiger partial charge in [0.25, 0.3) is 17.7 Å². The number of nitrogens with one attached hydrogen (secondary N) is 3. The number of carbonyl (C=O) groups excluding carboxylic acids is 3. The Morgan fingerprint density at radius 3 is 1.17 bits per heavy atom. The molecule has 0 radical (unpaired) electrons. The number of morpholine rings is 1. The van der Waals surface area contributed by atoms with Crippen LogP contribution in [0.15, 0.2) is 191 Å². The molecule has 0 bridgehead atoms. The summed E-state index contributed by atoms with van der Waals surface area (Å²) in [5, 5.41) is 10.3. The number of aromatic nitrogens is 9. The topological polar surface area (TPSA) is 331 Å². The van der Waals surface area contributed by atoms with E-state index in [9.17, 15) is 28.8 Å². The summed E-state index contributed by atoms with van der Waals surface area (Å²) in [7, 11) is 6.10. The second-order valence-electron chi connectivity index (χ2n) is 25.9. The molecule has 6 aromatic heterocycles. The lowest BCUT2D eigenvalue weighted by molar-refractivity contribution is 0.0990. The summed E-state index contributed by atoms with van der Waals surface area (Å²) in [6.45, 7) is 7.30. The minimum Gasteiger partial charge on any atom is -0.378 e. The second-order valence-corrected chi connectivity index (χ2v) is 25.9. The van der Waals surface area contributed by atoms with Crippen molar-refractivity contribution < 1.29 is 19.1 Å². The highest BCUT2D eigenvalue weighted by atomic mass is 16.5. The fraction of sp³-hybridized carbons (Fsp3) is 0.221. The Hall–Kier alpha value is -12.7. The predicted molar refractivity (Wildman–Crippen MR) is 401 cm³/mol. The maximum absolute atomic E-state index is 13.0. The van der Waals surface area contributed by atoms with Crippen LogP contribution in [0.2, 0.25) is 0 Å². The molecule has 3 amide bonds. The number of rotatable bonds is 15. The van der Waals surface area contributed by atoms with E-state index < -0.39 is 34.0 Å². The van der Waals surface area contributed by atoms with E-state index in [4.69, 9.17) is 21.9 Å². The number of ether oxygens (including phenoxy) is 1. The number of aryl methyl sites for hydroxylation is 4. The van der Waals surface area contributed by atoms with E-state index in [0.29, 0.717) is 34.8 Å². The number of amides is 3. The van der Waals surface area contributed by atoms with Crippen LogP contribution in [0, 0.1) is 0 Å². The quantitative estimate of drug-likeness (QED) is 0.0560. The van der Waals surface area contributed by atoms with Crippen LogP contribution >= 0.6 is 0 Å². The lowest BCUT2D eigenvalue weighted by atomic mass is 10.1. The molecule has 2 saturated heterocycles. The van der Waals surface area contributed by atoms with E-state index in [1.54, 1.807) is 13.7 Å². The number of pyridine rings is 3. The molecule has 103 heavy (non-hydrogen) atoms. The van der Waals surface area contributed by atoms with E-state index in [1.165, 1.54) is 65.1 Å². The first kappa shape index (κ1) is 67.5. The van der Waals surface area contributed by atoms with Crippen molar-refractivity contribution in [2.45, 2.75) is 38.5 Å². The Balaban J connectivity index is 0.000000131. The number of primary amides is 3. The number of fused-ring (bicyclic) bond motifs is 5. The van der Waals surface area contributed by atoms with Crippen LogP contribution in [0.3, 0.4) is 0 Å². The molecule has 16 rings (SSSR count). The summed E-state index contributed by atoms with van der Waals surface area (Å²) < 4.78 is 10.6. The van der Waals surface area contributed by atoms with Crippen LogP contribution in [-0.4, -0.2) is 140 Å². The number of hydrogen-bond acceptors (Lipinski definition) is 20. The van der Waals surface area contributed by atoms with E-state index in [1.807, 2.05) is 122 Å². The maximum atomic E-state index is 13.0. The van der Waals surface area contributed by atoms with Gasteiger partial charge in [-0.05, 0) is 177 Å². The Labute approximate surface area is 591 Å². The van der Waals surface area contributed by atoms with Crippen molar-refractivity contribution >= 4 is 103 Å². The predicted octanol–water partition coefficient (Wildman–Crippen LogP) is 8.50. The highest BCUT2D eigenvalue weighted by Gasteiger charge is 2.23. The molecule has 0 atom stereocenters. The smallest absolute Gasteiger partial charge is 0.254 e. The summed E-state index contributed by atoms with van der Waals surface area (Å²) in [6.07, 6.45) is 15.1. The first-order chi connectivity index (χ1) is 50.0. The van der Waals surface area contributed by atoms with Gasteiger partial charge in [0.2, 0.25) is 34.1 Å². The van der Waals surface area contributed by atoms with Crippen LogP contribution in [0.1, 0.15) is 66.2 Å². The number of nitrogens with zero attached hydrogens (tertiary/aromatic N) is 13. The van der Waals surface area contributed by atoms with Gasteiger partial charge in [0.05, 0.1) is 29.4 Å². The summed E-state index contributed by atoms with van der Waals surface area (Å²) in [4.78, 5) is 110. The Morgan fingerprint density at radius 2 is 0.786 bits per heavy atom. The fourth-order valence-electron chi connectivity index (χ4n) is 13.3. The molecular formula is C77H75N19O7. The fourth-order valence-corrected chi connectivity index (χ4v) is 13.3. The zero-order valence-electron chi connectivity index (χ0n) is 57.0. The maximum Gasteiger partial charge on any atom is 0.254 e. The Kier molecular flexibility index (Phi) is 19.2. The van der Waals surface area contributed by atoms with Crippen molar-refractivity contribution in [3.63, 3.8) is 0 Å². The van der Waals surface area contributed by atoms with Gasteiger partial charge in [0.1, 0.15) is 16.7 Å². The van der Waals surface area contributed by atoms with Gasteiger partial charge in [-0.25, -0.2) is 15.0 Å². The van der Waals surface area contributed by atoms with E-state index in [-0.39, 0.29) is 32.8 Å². The third-order valence-electron chi connectivity index (χ3n) is 18.9. The zero-order valence-corrected chi connectivity index (χ0v) is 57.0. The highest BCUT2D eigenvalue weighted by Crippen LogP contribution is 2.31. The van der Waals surface area contributed by atoms with Crippen LogP contribution in [0.5, 0.6) is 0 Å². The molecule has 12 aromatic rings. The summed E-state index contributed by atoms with van der Waals surface area (Å²) in [5.74, 6) is -1.31. The van der Waals surface area contributed by atoms with Gasteiger partial charge in [-0.15, -0.1) is 0 Å². The van der Waals surface area contributed by atoms with Crippen LogP contribution in [0.4, 0.5) is 52.0 Å². The van der Waals surface area contributed by atoms with Crippen molar-refractivity contribution in [1.29, 1.82) is 0 Å². The molecule has 2 aliphatic carbocycles. The number of carbonyl (C=O) groups is 3. The van der Waals surface area contributed by atoms with E-state index in [2.05, 4.69) is 104 Å². The third kappa shape index (κ3) is 14.6. The first-order valence-electron chi connectivity index (χ1n) is 34.0. The van der Waals surface area contributed by atoms with Gasteiger partial charge >= 0.3 is 0 Å². The molecule has 26 nitrogen and oxygen atoms in total. The van der Waals surface area contributed by atoms with Gasteiger partial charge in [-0.3, -0.25) is 28.8 Å². The summed E-state index contributed by atoms with van der Waals surface area (Å²) in [6, 6.07) is 45.7. The molecule has 4 aliphatic rings. The van der Waals surface area contributed by atoms with E-state index >= 15 is 0 Å². The molecule has 520 valence electrons. The van der Waals surface area contributed by atoms with Gasteiger partial charge in [0.15, 0.2) is 16.9 Å². The Morgan fingerprint density at radius 1 is 0.427 bits per heavy atom. The molecule has 0 saturated carbocycles. The van der Waals surface area contributed by atoms with Crippen molar-refractivity contribution in [2.75, 3.05) is 104 Å². The lowest BCUT2D eigenvalue weighted by Crippen LogP contribution is -2.44. The minimum absolute atomic E-state index is 0.0911. The van der Waals surface area contributed by atoms with Crippen molar-refractivity contribution in [3.05, 3.63) is 246 Å². The minimum atomic E-state index is -0.792. The molecule has 8 heterocycles. The van der Waals surface area contributed by atoms with Crippen LogP contribution in [0.25, 0.3) is 50.2 Å². The van der Waals surface area contributed by atoms with Crippen molar-refractivity contribution in [2.24, 2.45) is 17.2 Å². The molecule has 2 fully saturated rings.